The van der Waals surface area contributed by atoms with E-state index in [1.54, 1.807) is 24.3 Å². The third kappa shape index (κ3) is 4.66. The molecule has 1 atom stereocenters. The van der Waals surface area contributed by atoms with Gasteiger partial charge in [-0.1, -0.05) is 29.8 Å². The second-order valence-electron chi connectivity index (χ2n) is 7.58. The molecule has 0 aliphatic carbocycles. The van der Waals surface area contributed by atoms with E-state index in [2.05, 4.69) is 10.3 Å². The van der Waals surface area contributed by atoms with Crippen LogP contribution in [0, 0.1) is 5.92 Å². The minimum Gasteiger partial charge on any atom is -0.352 e. The molecule has 2 aromatic carbocycles. The molecule has 0 saturated carbocycles. The molecule has 0 bridgehead atoms. The molecular weight excluding hydrogens is 438 g/mol. The lowest BCUT2D eigenvalue weighted by atomic mass is 9.99. The van der Waals surface area contributed by atoms with Crippen molar-refractivity contribution in [3.8, 4) is 0 Å². The van der Waals surface area contributed by atoms with Gasteiger partial charge in [0.1, 0.15) is 0 Å². The Kier molecular flexibility index (Phi) is 6.13. The Morgan fingerprint density at radius 1 is 1.16 bits per heavy atom. The third-order valence-corrected chi connectivity index (χ3v) is 7.73. The summed E-state index contributed by atoms with van der Waals surface area (Å²) >= 11 is 6.14. The van der Waals surface area contributed by atoms with E-state index in [1.807, 2.05) is 18.2 Å². The second-order valence-corrected chi connectivity index (χ2v) is 9.93. The molecule has 162 valence electrons. The van der Waals surface area contributed by atoms with E-state index < -0.39 is 15.9 Å². The Morgan fingerprint density at radius 3 is 2.77 bits per heavy atom. The van der Waals surface area contributed by atoms with E-state index in [9.17, 15) is 18.0 Å². The predicted molar refractivity (Wildman–Crippen MR) is 119 cm³/mol. The molecule has 2 N–H and O–H groups in total. The number of H-pyrrole nitrogens is 1. The minimum atomic E-state index is -3.76. The van der Waals surface area contributed by atoms with Crippen LogP contribution < -0.4 is 10.9 Å². The van der Waals surface area contributed by atoms with E-state index in [0.717, 1.165) is 5.56 Å². The fourth-order valence-corrected chi connectivity index (χ4v) is 5.55. The number of halogens is 1. The smallest absolute Gasteiger partial charge is 0.248 e. The molecule has 7 nitrogen and oxygen atoms in total. The first-order chi connectivity index (χ1) is 14.8. The van der Waals surface area contributed by atoms with Crippen molar-refractivity contribution < 1.29 is 13.2 Å². The molecule has 0 radical (unpaired) electrons. The summed E-state index contributed by atoms with van der Waals surface area (Å²) in [4.78, 5) is 27.0. The highest BCUT2D eigenvalue weighted by atomic mass is 35.5. The quantitative estimate of drug-likeness (QED) is 0.612. The molecule has 1 saturated heterocycles. The number of sulfonamides is 1. The van der Waals surface area contributed by atoms with Gasteiger partial charge in [-0.05, 0) is 54.1 Å². The number of piperidine rings is 1. The van der Waals surface area contributed by atoms with Gasteiger partial charge in [-0.15, -0.1) is 0 Å². The molecule has 2 heterocycles. The number of benzene rings is 2. The molecule has 31 heavy (non-hydrogen) atoms. The van der Waals surface area contributed by atoms with Crippen LogP contribution in [0.1, 0.15) is 18.4 Å². The Bertz CT molecular complexity index is 1290. The molecule has 1 aliphatic heterocycles. The monoisotopic (exact) mass is 459 g/mol. The van der Waals surface area contributed by atoms with Crippen LogP contribution in [-0.2, 0) is 21.4 Å². The number of nitrogens with zero attached hydrogens (tertiary/aromatic N) is 1. The van der Waals surface area contributed by atoms with Gasteiger partial charge in [0.25, 0.3) is 0 Å². The first kappa shape index (κ1) is 21.5. The van der Waals surface area contributed by atoms with Gasteiger partial charge in [-0.25, -0.2) is 8.42 Å². The average molecular weight is 460 g/mol. The molecule has 1 fully saturated rings. The van der Waals surface area contributed by atoms with Gasteiger partial charge in [0.05, 0.1) is 10.8 Å². The topological polar surface area (TPSA) is 99.3 Å². The van der Waals surface area contributed by atoms with Gasteiger partial charge in [0, 0.05) is 36.2 Å². The zero-order valence-electron chi connectivity index (χ0n) is 16.7. The number of pyridine rings is 1. The van der Waals surface area contributed by atoms with Gasteiger partial charge in [0.2, 0.25) is 21.5 Å². The number of hydrogen-bond donors (Lipinski definition) is 2. The first-order valence-corrected chi connectivity index (χ1v) is 11.8. The van der Waals surface area contributed by atoms with Crippen LogP contribution in [0.3, 0.4) is 0 Å². The molecule has 1 amide bonds. The van der Waals surface area contributed by atoms with Crippen molar-refractivity contribution in [3.05, 3.63) is 75.5 Å². The maximum atomic E-state index is 13.2. The van der Waals surface area contributed by atoms with Crippen molar-refractivity contribution in [2.24, 2.45) is 5.92 Å². The molecule has 1 aliphatic rings. The van der Waals surface area contributed by atoms with E-state index in [0.29, 0.717) is 41.9 Å². The Morgan fingerprint density at radius 2 is 1.97 bits per heavy atom. The highest BCUT2D eigenvalue weighted by Gasteiger charge is 2.33. The largest absolute Gasteiger partial charge is 0.352 e. The third-order valence-electron chi connectivity index (χ3n) is 5.50. The van der Waals surface area contributed by atoms with Gasteiger partial charge in [0.15, 0.2) is 0 Å². The van der Waals surface area contributed by atoms with Gasteiger partial charge >= 0.3 is 0 Å². The van der Waals surface area contributed by atoms with Crippen molar-refractivity contribution in [1.29, 1.82) is 0 Å². The van der Waals surface area contributed by atoms with E-state index in [-0.39, 0.29) is 22.9 Å². The molecule has 9 heteroatoms. The summed E-state index contributed by atoms with van der Waals surface area (Å²) in [6.07, 6.45) is 1.23. The van der Waals surface area contributed by atoms with E-state index >= 15 is 0 Å². The molecule has 0 spiro atoms. The average Bonchev–Trinajstić information content (AvgIpc) is 2.78. The lowest BCUT2D eigenvalue weighted by molar-refractivity contribution is -0.126. The molecule has 3 aromatic rings. The summed E-state index contributed by atoms with van der Waals surface area (Å²) in [5.41, 5.74) is 1.14. The molecular formula is C22H22ClN3O4S. The number of amides is 1. The Labute approximate surface area is 185 Å². The standard InChI is InChI=1S/C22H22ClN3O4S/c23-19-6-2-1-4-16(19)13-24-22(28)17-5-3-11-26(14-17)31(29,30)18-8-9-20-15(12-18)7-10-21(27)25-20/h1-2,4,6-10,12,17H,3,5,11,13-14H2,(H,24,28)(H,25,27)/t17-/m0/s1. The van der Waals surface area contributed by atoms with Crippen LogP contribution in [0.25, 0.3) is 10.9 Å². The van der Waals surface area contributed by atoms with Crippen LogP contribution in [0.2, 0.25) is 5.02 Å². The van der Waals surface area contributed by atoms with Crippen molar-refractivity contribution in [2.45, 2.75) is 24.3 Å². The SMILES string of the molecule is O=C(NCc1ccccc1Cl)[C@H]1CCCN(S(=O)(=O)c2ccc3[nH]c(=O)ccc3c2)C1. The number of carbonyl (C=O) groups excluding carboxylic acids is 1. The summed E-state index contributed by atoms with van der Waals surface area (Å²) in [6, 6.07) is 14.8. The number of fused-ring (bicyclic) bond motifs is 1. The lowest BCUT2D eigenvalue weighted by Crippen LogP contribution is -2.45. The fraction of sp³-hybridized carbons (Fsp3) is 0.273. The maximum Gasteiger partial charge on any atom is 0.248 e. The predicted octanol–water partition coefficient (Wildman–Crippen LogP) is 2.90. The van der Waals surface area contributed by atoms with Crippen LogP contribution >= 0.6 is 11.6 Å². The number of nitrogens with one attached hydrogen (secondary N) is 2. The summed E-state index contributed by atoms with van der Waals surface area (Å²) in [5.74, 6) is -0.612. The fourth-order valence-electron chi connectivity index (χ4n) is 3.79. The minimum absolute atomic E-state index is 0.125. The van der Waals surface area contributed by atoms with Crippen molar-refractivity contribution in [1.82, 2.24) is 14.6 Å². The Balaban J connectivity index is 1.48. The van der Waals surface area contributed by atoms with Crippen molar-refractivity contribution >= 4 is 38.4 Å². The molecule has 4 rings (SSSR count). The van der Waals surface area contributed by atoms with Crippen LogP contribution in [0.5, 0.6) is 0 Å². The summed E-state index contributed by atoms with van der Waals surface area (Å²) in [5, 5.41) is 4.08. The molecule has 1 aromatic heterocycles. The van der Waals surface area contributed by atoms with Gasteiger partial charge in [-0.3, -0.25) is 9.59 Å². The van der Waals surface area contributed by atoms with E-state index in [1.165, 1.54) is 16.4 Å². The van der Waals surface area contributed by atoms with Crippen molar-refractivity contribution in [3.63, 3.8) is 0 Å². The summed E-state index contributed by atoms with van der Waals surface area (Å²) < 4.78 is 27.8. The highest BCUT2D eigenvalue weighted by molar-refractivity contribution is 7.89. The highest BCUT2D eigenvalue weighted by Crippen LogP contribution is 2.26. The number of hydrogen-bond acceptors (Lipinski definition) is 4. The van der Waals surface area contributed by atoms with Gasteiger partial charge < -0.3 is 10.3 Å². The summed E-state index contributed by atoms with van der Waals surface area (Å²) in [7, 11) is -3.76. The van der Waals surface area contributed by atoms with E-state index in [4.69, 9.17) is 11.6 Å². The first-order valence-electron chi connectivity index (χ1n) is 9.99. The van der Waals surface area contributed by atoms with Crippen molar-refractivity contribution in [2.75, 3.05) is 13.1 Å². The zero-order chi connectivity index (χ0) is 22.0. The number of rotatable bonds is 5. The second kappa shape index (κ2) is 8.82. The molecule has 0 unspecified atom stereocenters. The zero-order valence-corrected chi connectivity index (χ0v) is 18.2. The normalized spacial score (nSPS) is 17.5. The maximum absolute atomic E-state index is 13.2. The van der Waals surface area contributed by atoms with Gasteiger partial charge in [-0.2, -0.15) is 4.31 Å². The number of aromatic nitrogens is 1. The van der Waals surface area contributed by atoms with Crippen LogP contribution in [0.4, 0.5) is 0 Å². The summed E-state index contributed by atoms with van der Waals surface area (Å²) in [6.45, 7) is 0.783. The Hall–Kier alpha value is -2.68. The lowest BCUT2D eigenvalue weighted by Gasteiger charge is -2.31. The van der Waals surface area contributed by atoms with Crippen LogP contribution in [-0.4, -0.2) is 36.7 Å². The number of carbonyl (C=O) groups is 1. The van der Waals surface area contributed by atoms with Crippen LogP contribution in [0.15, 0.2) is 64.3 Å². The number of aromatic amines is 1.